The summed E-state index contributed by atoms with van der Waals surface area (Å²) in [7, 11) is 1.69. The molecule has 2 atom stereocenters. The lowest BCUT2D eigenvalue weighted by Gasteiger charge is -2.38. The normalized spacial score (nSPS) is 19.1. The van der Waals surface area contributed by atoms with Crippen molar-refractivity contribution in [2.45, 2.75) is 30.6 Å². The molecule has 1 saturated heterocycles. The van der Waals surface area contributed by atoms with E-state index < -0.39 is 0 Å². The number of halogens is 1. The molecule has 1 N–H and O–H groups in total. The summed E-state index contributed by atoms with van der Waals surface area (Å²) in [6.45, 7) is 3.13. The minimum atomic E-state index is -0.144. The number of thioether (sulfide) groups is 1. The number of aliphatic hydroxyl groups excluding tert-OH is 1. The molecule has 4 nitrogen and oxygen atoms in total. The molecule has 2 aromatic carbocycles. The minimum absolute atomic E-state index is 0.144. The van der Waals surface area contributed by atoms with Crippen LogP contribution in [0.4, 0.5) is 4.39 Å². The molecule has 0 radical (unpaired) electrons. The van der Waals surface area contributed by atoms with E-state index in [4.69, 9.17) is 4.74 Å². The number of piperidine rings is 1. The molecule has 3 aromatic rings. The van der Waals surface area contributed by atoms with Gasteiger partial charge in [0.1, 0.15) is 11.6 Å². The van der Waals surface area contributed by atoms with Crippen molar-refractivity contribution in [3.63, 3.8) is 0 Å². The molecule has 1 aromatic heterocycles. The Bertz CT molecular complexity index is 1050. The maximum Gasteiger partial charge on any atom is 0.136 e. The van der Waals surface area contributed by atoms with Crippen molar-refractivity contribution in [3.8, 4) is 5.75 Å². The molecule has 0 spiro atoms. The molecular formula is C27H33FN2O2S. The molecule has 33 heavy (non-hydrogen) atoms. The van der Waals surface area contributed by atoms with Crippen LogP contribution in [-0.2, 0) is 6.42 Å². The van der Waals surface area contributed by atoms with E-state index in [0.717, 1.165) is 67.7 Å². The quantitative estimate of drug-likeness (QED) is 0.402. The van der Waals surface area contributed by atoms with Crippen LogP contribution in [0.3, 0.4) is 0 Å². The van der Waals surface area contributed by atoms with Gasteiger partial charge in [-0.25, -0.2) is 4.39 Å². The van der Waals surface area contributed by atoms with Gasteiger partial charge in [-0.15, -0.1) is 11.8 Å². The molecule has 0 unspecified atom stereocenters. The summed E-state index contributed by atoms with van der Waals surface area (Å²) < 4.78 is 19.2. The maximum atomic E-state index is 13.8. The van der Waals surface area contributed by atoms with E-state index in [1.165, 1.54) is 11.6 Å². The van der Waals surface area contributed by atoms with Crippen molar-refractivity contribution in [1.82, 2.24) is 9.88 Å². The topological polar surface area (TPSA) is 45.6 Å². The van der Waals surface area contributed by atoms with Crippen LogP contribution in [-0.4, -0.2) is 54.1 Å². The van der Waals surface area contributed by atoms with Gasteiger partial charge < -0.3 is 14.7 Å². The highest BCUT2D eigenvalue weighted by molar-refractivity contribution is 7.99. The number of likely N-dealkylation sites (tertiary alicyclic amines) is 1. The van der Waals surface area contributed by atoms with Gasteiger partial charge in [0.05, 0.1) is 12.6 Å². The number of aliphatic hydroxyl groups is 1. The molecule has 176 valence electrons. The van der Waals surface area contributed by atoms with Gasteiger partial charge in [0.2, 0.25) is 0 Å². The molecule has 0 saturated carbocycles. The van der Waals surface area contributed by atoms with Crippen LogP contribution in [0, 0.1) is 17.7 Å². The average Bonchev–Trinajstić information content (AvgIpc) is 2.85. The Hall–Kier alpha value is -2.15. The van der Waals surface area contributed by atoms with Crippen LogP contribution in [0.15, 0.2) is 59.6 Å². The third-order valence-electron chi connectivity index (χ3n) is 6.77. The largest absolute Gasteiger partial charge is 0.497 e. The summed E-state index contributed by atoms with van der Waals surface area (Å²) in [4.78, 5) is 7.62. The summed E-state index contributed by atoms with van der Waals surface area (Å²) in [6.07, 6.45) is 6.22. The van der Waals surface area contributed by atoms with Crippen LogP contribution in [0.2, 0.25) is 0 Å². The number of ether oxygens (including phenoxy) is 1. The monoisotopic (exact) mass is 468 g/mol. The van der Waals surface area contributed by atoms with Crippen LogP contribution in [0.25, 0.3) is 10.9 Å². The summed E-state index contributed by atoms with van der Waals surface area (Å²) in [5, 5.41) is 11.2. The zero-order valence-corrected chi connectivity index (χ0v) is 20.1. The van der Waals surface area contributed by atoms with Crippen LogP contribution < -0.4 is 4.74 Å². The zero-order valence-electron chi connectivity index (χ0n) is 19.3. The van der Waals surface area contributed by atoms with Gasteiger partial charge in [-0.1, -0.05) is 12.1 Å². The van der Waals surface area contributed by atoms with E-state index in [1.807, 2.05) is 30.5 Å². The third-order valence-corrected chi connectivity index (χ3v) is 7.80. The van der Waals surface area contributed by atoms with Crippen molar-refractivity contribution in [3.05, 3.63) is 66.1 Å². The number of hydrogen-bond donors (Lipinski definition) is 1. The first-order valence-electron chi connectivity index (χ1n) is 11.8. The van der Waals surface area contributed by atoms with E-state index in [0.29, 0.717) is 16.7 Å². The molecule has 1 aliphatic heterocycles. The fourth-order valence-electron chi connectivity index (χ4n) is 4.87. The smallest absolute Gasteiger partial charge is 0.136 e. The number of hydrogen-bond acceptors (Lipinski definition) is 5. The first-order valence-corrected chi connectivity index (χ1v) is 12.8. The zero-order chi connectivity index (χ0) is 23.0. The second-order valence-electron chi connectivity index (χ2n) is 8.82. The number of nitrogens with zero attached hydrogens (tertiary/aromatic N) is 2. The Kier molecular flexibility index (Phi) is 8.59. The highest BCUT2D eigenvalue weighted by atomic mass is 32.2. The lowest BCUT2D eigenvalue weighted by molar-refractivity contribution is 0.0710. The molecule has 0 bridgehead atoms. The Morgan fingerprint density at radius 2 is 2.06 bits per heavy atom. The Morgan fingerprint density at radius 3 is 2.88 bits per heavy atom. The van der Waals surface area contributed by atoms with E-state index in [9.17, 15) is 9.50 Å². The molecule has 6 heteroatoms. The molecule has 1 aliphatic rings. The highest BCUT2D eigenvalue weighted by Gasteiger charge is 2.28. The Balaban J connectivity index is 1.26. The van der Waals surface area contributed by atoms with Gasteiger partial charge in [-0.05, 0) is 86.0 Å². The van der Waals surface area contributed by atoms with Crippen molar-refractivity contribution >= 4 is 22.7 Å². The fraction of sp³-hybridized carbons (Fsp3) is 0.444. The third kappa shape index (κ3) is 6.25. The van der Waals surface area contributed by atoms with Gasteiger partial charge in [0.25, 0.3) is 0 Å². The van der Waals surface area contributed by atoms with Gasteiger partial charge in [-0.3, -0.25) is 4.98 Å². The minimum Gasteiger partial charge on any atom is -0.497 e. The predicted octanol–water partition coefficient (Wildman–Crippen LogP) is 5.43. The number of aromatic nitrogens is 1. The molecule has 0 amide bonds. The van der Waals surface area contributed by atoms with Gasteiger partial charge in [0, 0.05) is 41.9 Å². The van der Waals surface area contributed by atoms with E-state index in [2.05, 4.69) is 22.0 Å². The maximum absolute atomic E-state index is 13.8. The summed E-state index contributed by atoms with van der Waals surface area (Å²) >= 11 is 1.57. The number of benzene rings is 2. The lowest BCUT2D eigenvalue weighted by atomic mass is 9.82. The van der Waals surface area contributed by atoms with Crippen molar-refractivity contribution in [2.24, 2.45) is 11.8 Å². The summed E-state index contributed by atoms with van der Waals surface area (Å²) in [5.74, 6) is 2.44. The standard InChI is InChI=1S/C27H33FN2O2S/c1-32-23-9-10-26-24(17-23)21(11-13-29-26)6-4-5-20-12-14-30(18-22(20)19-31)15-16-33-27-8-3-2-7-25(27)28/h2-3,7-11,13,17,20,22,31H,4-6,12,14-16,18-19H2,1H3/t20-,22-/m1/s1. The van der Waals surface area contributed by atoms with E-state index >= 15 is 0 Å². The highest BCUT2D eigenvalue weighted by Crippen LogP contribution is 2.30. The van der Waals surface area contributed by atoms with E-state index in [1.54, 1.807) is 24.9 Å². The molecule has 0 aliphatic carbocycles. The van der Waals surface area contributed by atoms with Crippen LogP contribution in [0.1, 0.15) is 24.8 Å². The average molecular weight is 469 g/mol. The van der Waals surface area contributed by atoms with Crippen molar-refractivity contribution in [2.75, 3.05) is 39.1 Å². The van der Waals surface area contributed by atoms with E-state index in [-0.39, 0.29) is 12.4 Å². The first-order chi connectivity index (χ1) is 16.2. The number of methoxy groups -OCH3 is 1. The fourth-order valence-corrected chi connectivity index (χ4v) is 5.82. The van der Waals surface area contributed by atoms with Crippen molar-refractivity contribution in [1.29, 1.82) is 0 Å². The second-order valence-corrected chi connectivity index (χ2v) is 9.95. The SMILES string of the molecule is COc1ccc2nccc(CCC[C@@H]3CCN(CCSc4ccccc4F)C[C@@H]3CO)c2c1. The summed E-state index contributed by atoms with van der Waals surface area (Å²) in [5.41, 5.74) is 2.31. The second kappa shape index (κ2) is 11.8. The van der Waals surface area contributed by atoms with Gasteiger partial charge in [0.15, 0.2) is 0 Å². The Labute approximate surface area is 200 Å². The van der Waals surface area contributed by atoms with Crippen molar-refractivity contribution < 1.29 is 14.2 Å². The number of aryl methyl sites for hydroxylation is 1. The Morgan fingerprint density at radius 1 is 1.18 bits per heavy atom. The van der Waals surface area contributed by atoms with Gasteiger partial charge in [-0.2, -0.15) is 0 Å². The molecule has 2 heterocycles. The molecule has 1 fully saturated rings. The number of fused-ring (bicyclic) bond motifs is 1. The van der Waals surface area contributed by atoms with Gasteiger partial charge >= 0.3 is 0 Å². The van der Waals surface area contributed by atoms with Crippen LogP contribution >= 0.6 is 11.8 Å². The van der Waals surface area contributed by atoms with Crippen LogP contribution in [0.5, 0.6) is 5.75 Å². The first kappa shape index (κ1) is 24.0. The number of pyridine rings is 1. The number of rotatable bonds is 10. The molecular weight excluding hydrogens is 435 g/mol. The predicted molar refractivity (Wildman–Crippen MR) is 133 cm³/mol. The lowest BCUT2D eigenvalue weighted by Crippen LogP contribution is -2.42. The summed E-state index contributed by atoms with van der Waals surface area (Å²) in [6, 6.07) is 15.1. The molecule has 4 rings (SSSR count).